The van der Waals surface area contributed by atoms with Gasteiger partial charge in [-0.2, -0.15) is 5.10 Å². The van der Waals surface area contributed by atoms with Gasteiger partial charge in [-0.1, -0.05) is 6.07 Å². The molecule has 0 aliphatic rings. The summed E-state index contributed by atoms with van der Waals surface area (Å²) in [6.07, 6.45) is 6.76. The van der Waals surface area contributed by atoms with Crippen molar-refractivity contribution in [3.05, 3.63) is 90.3 Å². The van der Waals surface area contributed by atoms with Gasteiger partial charge in [-0.25, -0.2) is 14.1 Å². The zero-order valence-corrected chi connectivity index (χ0v) is 15.6. The Kier molecular flexibility index (Phi) is 5.07. The van der Waals surface area contributed by atoms with E-state index in [4.69, 9.17) is 4.74 Å². The highest BCUT2D eigenvalue weighted by Crippen LogP contribution is 2.21. The molecule has 8 heteroatoms. The number of hydrogen-bond acceptors (Lipinski definition) is 4. The Hall–Kier alpha value is -3.94. The SMILES string of the molecule is COc1ncccc1CNC(=O)c1cnn(-c2ccc(F)cc2)c1-n1cccc1. The van der Waals surface area contributed by atoms with Crippen molar-refractivity contribution in [1.29, 1.82) is 0 Å². The number of methoxy groups -OCH3 is 1. The molecule has 146 valence electrons. The Morgan fingerprint density at radius 2 is 1.90 bits per heavy atom. The van der Waals surface area contributed by atoms with Crippen LogP contribution in [0.3, 0.4) is 0 Å². The van der Waals surface area contributed by atoms with Crippen LogP contribution in [0.5, 0.6) is 5.88 Å². The predicted octanol–water partition coefficient (Wildman–Crippen LogP) is 3.14. The summed E-state index contributed by atoms with van der Waals surface area (Å²) in [5, 5.41) is 7.24. The molecule has 29 heavy (non-hydrogen) atoms. The summed E-state index contributed by atoms with van der Waals surface area (Å²) in [5.41, 5.74) is 1.79. The number of aromatic nitrogens is 4. The van der Waals surface area contributed by atoms with Gasteiger partial charge in [-0.05, 0) is 42.5 Å². The lowest BCUT2D eigenvalue weighted by Gasteiger charge is -2.12. The summed E-state index contributed by atoms with van der Waals surface area (Å²) in [6.45, 7) is 0.253. The largest absolute Gasteiger partial charge is 0.481 e. The number of carbonyl (C=O) groups excluding carboxylic acids is 1. The molecule has 0 aliphatic heterocycles. The van der Waals surface area contributed by atoms with Crippen molar-refractivity contribution in [3.63, 3.8) is 0 Å². The van der Waals surface area contributed by atoms with Gasteiger partial charge in [0.15, 0.2) is 5.82 Å². The summed E-state index contributed by atoms with van der Waals surface area (Å²) in [5.74, 6) is 0.373. The summed E-state index contributed by atoms with van der Waals surface area (Å²) < 4.78 is 21.9. The van der Waals surface area contributed by atoms with E-state index in [0.717, 1.165) is 5.56 Å². The minimum Gasteiger partial charge on any atom is -0.481 e. The van der Waals surface area contributed by atoms with Crippen LogP contribution in [-0.2, 0) is 6.54 Å². The number of ether oxygens (including phenoxy) is 1. The third kappa shape index (κ3) is 3.73. The number of halogens is 1. The number of rotatable bonds is 6. The Morgan fingerprint density at radius 3 is 2.62 bits per heavy atom. The highest BCUT2D eigenvalue weighted by molar-refractivity contribution is 5.97. The van der Waals surface area contributed by atoms with Crippen molar-refractivity contribution >= 4 is 5.91 Å². The van der Waals surface area contributed by atoms with E-state index in [-0.39, 0.29) is 18.3 Å². The van der Waals surface area contributed by atoms with Gasteiger partial charge in [0.2, 0.25) is 5.88 Å². The second-order valence-electron chi connectivity index (χ2n) is 6.21. The highest BCUT2D eigenvalue weighted by atomic mass is 19.1. The molecular weight excluding hydrogens is 373 g/mol. The average molecular weight is 391 g/mol. The van der Waals surface area contributed by atoms with Gasteiger partial charge in [-0.3, -0.25) is 4.79 Å². The molecule has 0 unspecified atom stereocenters. The van der Waals surface area contributed by atoms with E-state index in [1.165, 1.54) is 25.4 Å². The molecule has 0 fully saturated rings. The molecule has 3 aromatic heterocycles. The molecule has 4 aromatic rings. The third-order valence-corrected chi connectivity index (χ3v) is 4.39. The molecule has 1 aromatic carbocycles. The topological polar surface area (TPSA) is 74.0 Å². The maximum atomic E-state index is 13.3. The molecule has 3 heterocycles. The Balaban J connectivity index is 1.66. The first-order valence-corrected chi connectivity index (χ1v) is 8.91. The van der Waals surface area contributed by atoms with E-state index < -0.39 is 0 Å². The van der Waals surface area contributed by atoms with E-state index in [2.05, 4.69) is 15.4 Å². The number of nitrogens with zero attached hydrogens (tertiary/aromatic N) is 4. The van der Waals surface area contributed by atoms with Crippen molar-refractivity contribution in [1.82, 2.24) is 24.6 Å². The fourth-order valence-electron chi connectivity index (χ4n) is 3.01. The maximum absolute atomic E-state index is 13.3. The molecule has 4 rings (SSSR count). The Morgan fingerprint density at radius 1 is 1.14 bits per heavy atom. The summed E-state index contributed by atoms with van der Waals surface area (Å²) >= 11 is 0. The molecule has 7 nitrogen and oxygen atoms in total. The molecule has 0 bridgehead atoms. The van der Waals surface area contributed by atoms with Crippen LogP contribution in [-0.4, -0.2) is 32.3 Å². The number of carbonyl (C=O) groups is 1. The lowest BCUT2D eigenvalue weighted by atomic mass is 10.2. The molecule has 0 aliphatic carbocycles. The smallest absolute Gasteiger partial charge is 0.256 e. The lowest BCUT2D eigenvalue weighted by molar-refractivity contribution is 0.0950. The number of hydrogen-bond donors (Lipinski definition) is 1. The molecule has 0 saturated carbocycles. The van der Waals surface area contributed by atoms with Crippen LogP contribution in [0.15, 0.2) is 73.3 Å². The number of nitrogens with one attached hydrogen (secondary N) is 1. The van der Waals surface area contributed by atoms with Gasteiger partial charge in [0, 0.05) is 30.7 Å². The van der Waals surface area contributed by atoms with Crippen LogP contribution in [0.4, 0.5) is 4.39 Å². The molecule has 0 atom stereocenters. The van der Waals surface area contributed by atoms with E-state index in [0.29, 0.717) is 22.9 Å². The van der Waals surface area contributed by atoms with Crippen molar-refractivity contribution in [2.24, 2.45) is 0 Å². The van der Waals surface area contributed by atoms with Crippen molar-refractivity contribution in [2.45, 2.75) is 6.54 Å². The molecule has 1 N–H and O–H groups in total. The van der Waals surface area contributed by atoms with Crippen molar-refractivity contribution < 1.29 is 13.9 Å². The van der Waals surface area contributed by atoms with Gasteiger partial charge in [0.05, 0.1) is 19.0 Å². The average Bonchev–Trinajstić information content (AvgIpc) is 3.42. The molecule has 0 spiro atoms. The van der Waals surface area contributed by atoms with Crippen LogP contribution < -0.4 is 10.1 Å². The molecular formula is C21H18FN5O2. The molecule has 1 amide bonds. The first kappa shape index (κ1) is 18.4. The van der Waals surface area contributed by atoms with E-state index in [1.807, 2.05) is 30.6 Å². The second kappa shape index (κ2) is 7.97. The Labute approximate surface area is 166 Å². The van der Waals surface area contributed by atoms with Gasteiger partial charge in [-0.15, -0.1) is 0 Å². The number of benzene rings is 1. The number of pyridine rings is 1. The van der Waals surface area contributed by atoms with E-state index >= 15 is 0 Å². The van der Waals surface area contributed by atoms with Gasteiger partial charge >= 0.3 is 0 Å². The Bertz CT molecular complexity index is 1120. The van der Waals surface area contributed by atoms with Crippen molar-refractivity contribution in [2.75, 3.05) is 7.11 Å². The number of amides is 1. The quantitative estimate of drug-likeness (QED) is 0.548. The third-order valence-electron chi connectivity index (χ3n) is 4.39. The molecule has 0 radical (unpaired) electrons. The first-order chi connectivity index (χ1) is 14.2. The maximum Gasteiger partial charge on any atom is 0.256 e. The minimum atomic E-state index is -0.341. The fourth-order valence-corrected chi connectivity index (χ4v) is 3.01. The first-order valence-electron chi connectivity index (χ1n) is 8.91. The molecule has 0 saturated heterocycles. The summed E-state index contributed by atoms with van der Waals surface area (Å²) in [6, 6.07) is 13.2. The van der Waals surface area contributed by atoms with Crippen LogP contribution >= 0.6 is 0 Å². The van der Waals surface area contributed by atoms with Gasteiger partial charge < -0.3 is 14.6 Å². The van der Waals surface area contributed by atoms with E-state index in [9.17, 15) is 9.18 Å². The van der Waals surface area contributed by atoms with Crippen LogP contribution in [0, 0.1) is 5.82 Å². The van der Waals surface area contributed by atoms with Gasteiger partial charge in [0.25, 0.3) is 5.91 Å². The van der Waals surface area contributed by atoms with Crippen LogP contribution in [0.2, 0.25) is 0 Å². The van der Waals surface area contributed by atoms with Gasteiger partial charge in [0.1, 0.15) is 11.4 Å². The fraction of sp³-hybridized carbons (Fsp3) is 0.0952. The summed E-state index contributed by atoms with van der Waals surface area (Å²) in [4.78, 5) is 17.1. The standard InChI is InChI=1S/C21H18FN5O2/c1-29-20-15(5-4-10-23-20)13-24-19(28)18-14-25-27(17-8-6-16(22)7-9-17)21(18)26-11-2-3-12-26/h2-12,14H,13H2,1H3,(H,24,28). The lowest BCUT2D eigenvalue weighted by Crippen LogP contribution is -2.24. The van der Waals surface area contributed by atoms with E-state index in [1.54, 1.807) is 33.6 Å². The predicted molar refractivity (Wildman–Crippen MR) is 105 cm³/mol. The second-order valence-corrected chi connectivity index (χ2v) is 6.21. The normalized spacial score (nSPS) is 10.7. The van der Waals surface area contributed by atoms with Crippen molar-refractivity contribution in [3.8, 4) is 17.4 Å². The minimum absolute atomic E-state index is 0.253. The zero-order valence-electron chi connectivity index (χ0n) is 15.6. The summed E-state index contributed by atoms with van der Waals surface area (Å²) in [7, 11) is 1.53. The monoisotopic (exact) mass is 391 g/mol. The van der Waals surface area contributed by atoms with Crippen LogP contribution in [0.1, 0.15) is 15.9 Å². The highest BCUT2D eigenvalue weighted by Gasteiger charge is 2.20. The van der Waals surface area contributed by atoms with Crippen LogP contribution in [0.25, 0.3) is 11.5 Å². The zero-order chi connectivity index (χ0) is 20.2.